The van der Waals surface area contributed by atoms with Gasteiger partial charge in [-0.05, 0) is 43.5 Å². The number of fused-ring (bicyclic) bond motifs is 1. The maximum absolute atomic E-state index is 13.3. The summed E-state index contributed by atoms with van der Waals surface area (Å²) in [5, 5.41) is 11.3. The fraction of sp³-hybridized carbons (Fsp3) is 0.333. The Bertz CT molecular complexity index is 987. The van der Waals surface area contributed by atoms with E-state index in [1.165, 1.54) is 11.8 Å². The van der Waals surface area contributed by atoms with Gasteiger partial charge in [0.1, 0.15) is 0 Å². The van der Waals surface area contributed by atoms with Crippen molar-refractivity contribution in [1.29, 1.82) is 0 Å². The van der Waals surface area contributed by atoms with Gasteiger partial charge in [0.25, 0.3) is 5.56 Å². The molecule has 0 fully saturated rings. The van der Waals surface area contributed by atoms with Crippen molar-refractivity contribution in [2.24, 2.45) is 0 Å². The van der Waals surface area contributed by atoms with E-state index in [9.17, 15) is 9.90 Å². The molecule has 0 unspecified atom stereocenters. The Morgan fingerprint density at radius 2 is 1.77 bits per heavy atom. The van der Waals surface area contributed by atoms with Crippen molar-refractivity contribution in [3.63, 3.8) is 0 Å². The quantitative estimate of drug-likeness (QED) is 0.537. The molecule has 3 aromatic rings. The van der Waals surface area contributed by atoms with E-state index in [-0.39, 0.29) is 11.5 Å². The maximum atomic E-state index is 13.3. The molecule has 0 aliphatic heterocycles. The lowest BCUT2D eigenvalue weighted by Gasteiger charge is -2.20. The maximum Gasteiger partial charge on any atom is 0.266 e. The molecular formula is C21H24N2O2S. The smallest absolute Gasteiger partial charge is 0.266 e. The Hall–Kier alpha value is -2.11. The molecule has 2 aromatic carbocycles. The normalized spacial score (nSPS) is 12.1. The van der Waals surface area contributed by atoms with Crippen LogP contribution in [0.15, 0.2) is 58.5 Å². The summed E-state index contributed by atoms with van der Waals surface area (Å²) in [4.78, 5) is 18.0. The lowest BCUT2D eigenvalue weighted by atomic mass is 10.0. The molecule has 26 heavy (non-hydrogen) atoms. The van der Waals surface area contributed by atoms with Gasteiger partial charge in [0.2, 0.25) is 0 Å². The zero-order valence-corrected chi connectivity index (χ0v) is 16.4. The van der Waals surface area contributed by atoms with Crippen molar-refractivity contribution in [1.82, 2.24) is 9.55 Å². The molecule has 5 heteroatoms. The van der Waals surface area contributed by atoms with E-state index in [1.807, 2.05) is 48.5 Å². The number of aromatic nitrogens is 2. The molecule has 0 amide bonds. The third-order valence-corrected chi connectivity index (χ3v) is 5.48. The number of hydrogen-bond acceptors (Lipinski definition) is 4. The number of para-hydroxylation sites is 2. The first-order valence-electron chi connectivity index (χ1n) is 8.74. The Kier molecular flexibility index (Phi) is 5.21. The van der Waals surface area contributed by atoms with Crippen molar-refractivity contribution in [2.45, 2.75) is 44.4 Å². The first-order valence-corrected chi connectivity index (χ1v) is 9.73. The monoisotopic (exact) mass is 368 g/mol. The summed E-state index contributed by atoms with van der Waals surface area (Å²) in [5.74, 6) is 0.721. The van der Waals surface area contributed by atoms with Gasteiger partial charge in [-0.3, -0.25) is 9.36 Å². The summed E-state index contributed by atoms with van der Waals surface area (Å²) in [6, 6.07) is 15.3. The van der Waals surface area contributed by atoms with Crippen LogP contribution in [0.2, 0.25) is 0 Å². The number of aliphatic hydroxyl groups is 1. The van der Waals surface area contributed by atoms with Crippen LogP contribution in [0.5, 0.6) is 0 Å². The van der Waals surface area contributed by atoms with Crippen molar-refractivity contribution in [3.8, 4) is 5.69 Å². The fourth-order valence-electron chi connectivity index (χ4n) is 2.84. The SMILES string of the molecule is CC(C)c1ccccc1-n1c(SCC(C)(C)O)nc2ccccc2c1=O. The topological polar surface area (TPSA) is 55.1 Å². The van der Waals surface area contributed by atoms with Crippen LogP contribution in [0.3, 0.4) is 0 Å². The van der Waals surface area contributed by atoms with Gasteiger partial charge in [0, 0.05) is 5.75 Å². The Morgan fingerprint density at radius 3 is 2.46 bits per heavy atom. The third-order valence-electron chi connectivity index (χ3n) is 4.10. The number of thioether (sulfide) groups is 1. The van der Waals surface area contributed by atoms with Crippen LogP contribution in [0, 0.1) is 0 Å². The highest BCUT2D eigenvalue weighted by Gasteiger charge is 2.20. The Balaban J connectivity index is 2.29. The summed E-state index contributed by atoms with van der Waals surface area (Å²) in [5.41, 5.74) is 1.69. The zero-order chi connectivity index (χ0) is 18.9. The molecule has 0 saturated carbocycles. The van der Waals surface area contributed by atoms with Crippen molar-refractivity contribution < 1.29 is 5.11 Å². The Morgan fingerprint density at radius 1 is 1.12 bits per heavy atom. The average Bonchev–Trinajstić information content (AvgIpc) is 2.59. The minimum atomic E-state index is -0.851. The molecule has 3 rings (SSSR count). The second-order valence-corrected chi connectivity index (χ2v) is 8.31. The molecule has 0 spiro atoms. The van der Waals surface area contributed by atoms with E-state index in [2.05, 4.69) is 13.8 Å². The second-order valence-electron chi connectivity index (χ2n) is 7.37. The second kappa shape index (κ2) is 7.25. The van der Waals surface area contributed by atoms with Gasteiger partial charge in [-0.25, -0.2) is 4.98 Å². The molecule has 0 bridgehead atoms. The van der Waals surface area contributed by atoms with E-state index < -0.39 is 5.60 Å². The van der Waals surface area contributed by atoms with Crippen LogP contribution in [0.1, 0.15) is 39.2 Å². The molecule has 0 radical (unpaired) electrons. The van der Waals surface area contributed by atoms with E-state index in [0.29, 0.717) is 21.8 Å². The van der Waals surface area contributed by atoms with Crippen LogP contribution >= 0.6 is 11.8 Å². The standard InChI is InChI=1S/C21H24N2O2S/c1-14(2)15-9-6-8-12-18(15)23-19(24)16-10-5-7-11-17(16)22-20(23)26-13-21(3,4)25/h5-12,14,25H,13H2,1-4H3. The molecule has 1 aromatic heterocycles. The van der Waals surface area contributed by atoms with Gasteiger partial charge in [-0.2, -0.15) is 0 Å². The van der Waals surface area contributed by atoms with Crippen molar-refractivity contribution in [3.05, 3.63) is 64.4 Å². The molecule has 0 aliphatic carbocycles. The molecule has 4 nitrogen and oxygen atoms in total. The molecule has 0 atom stereocenters. The lowest BCUT2D eigenvalue weighted by Crippen LogP contribution is -2.26. The highest BCUT2D eigenvalue weighted by Crippen LogP contribution is 2.28. The summed E-state index contributed by atoms with van der Waals surface area (Å²) < 4.78 is 1.69. The average molecular weight is 369 g/mol. The predicted molar refractivity (Wildman–Crippen MR) is 108 cm³/mol. The van der Waals surface area contributed by atoms with Gasteiger partial charge in [-0.1, -0.05) is 55.9 Å². The molecular weight excluding hydrogens is 344 g/mol. The first-order chi connectivity index (χ1) is 12.3. The van der Waals surface area contributed by atoms with Crippen LogP contribution in [-0.4, -0.2) is 26.0 Å². The van der Waals surface area contributed by atoms with Gasteiger partial charge in [-0.15, -0.1) is 0 Å². The molecule has 0 saturated heterocycles. The highest BCUT2D eigenvalue weighted by molar-refractivity contribution is 7.99. The van der Waals surface area contributed by atoms with Crippen LogP contribution in [-0.2, 0) is 0 Å². The number of nitrogens with zero attached hydrogens (tertiary/aromatic N) is 2. The highest BCUT2D eigenvalue weighted by atomic mass is 32.2. The van der Waals surface area contributed by atoms with Crippen molar-refractivity contribution >= 4 is 22.7 Å². The first kappa shape index (κ1) is 18.7. The van der Waals surface area contributed by atoms with E-state index in [4.69, 9.17) is 4.98 Å². The largest absolute Gasteiger partial charge is 0.390 e. The van der Waals surface area contributed by atoms with E-state index in [1.54, 1.807) is 18.4 Å². The summed E-state index contributed by atoms with van der Waals surface area (Å²) in [7, 11) is 0. The van der Waals surface area contributed by atoms with E-state index >= 15 is 0 Å². The summed E-state index contributed by atoms with van der Waals surface area (Å²) in [6.07, 6.45) is 0. The number of hydrogen-bond donors (Lipinski definition) is 1. The fourth-order valence-corrected chi connectivity index (χ4v) is 3.80. The van der Waals surface area contributed by atoms with Gasteiger partial charge < -0.3 is 5.11 Å². The van der Waals surface area contributed by atoms with Crippen LogP contribution < -0.4 is 5.56 Å². The number of benzene rings is 2. The van der Waals surface area contributed by atoms with Crippen LogP contribution in [0.4, 0.5) is 0 Å². The van der Waals surface area contributed by atoms with Crippen LogP contribution in [0.25, 0.3) is 16.6 Å². The van der Waals surface area contributed by atoms with Gasteiger partial charge >= 0.3 is 0 Å². The van der Waals surface area contributed by atoms with Gasteiger partial charge in [0.15, 0.2) is 5.16 Å². The third kappa shape index (κ3) is 3.84. The summed E-state index contributed by atoms with van der Waals surface area (Å²) in [6.45, 7) is 7.74. The molecule has 1 heterocycles. The Labute approximate surface area is 157 Å². The zero-order valence-electron chi connectivity index (χ0n) is 15.6. The van der Waals surface area contributed by atoms with Crippen molar-refractivity contribution in [2.75, 3.05) is 5.75 Å². The minimum absolute atomic E-state index is 0.0815. The molecule has 1 N–H and O–H groups in total. The minimum Gasteiger partial charge on any atom is -0.390 e. The predicted octanol–water partition coefficient (Wildman–Crippen LogP) is 4.37. The number of rotatable bonds is 5. The van der Waals surface area contributed by atoms with Gasteiger partial charge in [0.05, 0.1) is 22.2 Å². The molecule has 0 aliphatic rings. The lowest BCUT2D eigenvalue weighted by molar-refractivity contribution is 0.107. The summed E-state index contributed by atoms with van der Waals surface area (Å²) >= 11 is 1.40. The molecule has 136 valence electrons. The van der Waals surface area contributed by atoms with E-state index in [0.717, 1.165) is 11.3 Å².